The Hall–Kier alpha value is -0.540. The molecule has 0 aliphatic carbocycles. The number of benzene rings is 1. The first-order valence-corrected chi connectivity index (χ1v) is 6.37. The van der Waals surface area contributed by atoms with Crippen LogP contribution in [0.2, 0.25) is 0 Å². The van der Waals surface area contributed by atoms with Crippen molar-refractivity contribution in [2.45, 2.75) is 26.3 Å². The molecule has 0 saturated carbocycles. The molecule has 2 nitrogen and oxygen atoms in total. The molecule has 0 radical (unpaired) electrons. The van der Waals surface area contributed by atoms with Crippen molar-refractivity contribution < 1.29 is 4.74 Å². The highest BCUT2D eigenvalue weighted by molar-refractivity contribution is 9.10. The minimum Gasteiger partial charge on any atom is -0.496 e. The molecule has 1 aromatic rings. The molecular formula is C13H20BrNO. The number of hydrogen-bond acceptors (Lipinski definition) is 2. The van der Waals surface area contributed by atoms with Crippen LogP contribution in [0.5, 0.6) is 5.75 Å². The number of hydrogen-bond donors (Lipinski definition) is 1. The van der Waals surface area contributed by atoms with E-state index in [0.29, 0.717) is 12.0 Å². The molecule has 3 heteroatoms. The van der Waals surface area contributed by atoms with Crippen LogP contribution in [-0.2, 0) is 6.42 Å². The molecule has 90 valence electrons. The van der Waals surface area contributed by atoms with Crippen LogP contribution in [0.15, 0.2) is 22.7 Å². The molecule has 1 aromatic carbocycles. The van der Waals surface area contributed by atoms with Gasteiger partial charge in [-0.3, -0.25) is 0 Å². The second kappa shape index (κ2) is 6.26. The van der Waals surface area contributed by atoms with Gasteiger partial charge in [-0.2, -0.15) is 0 Å². The second-order valence-electron chi connectivity index (χ2n) is 4.31. The first-order chi connectivity index (χ1) is 7.58. The van der Waals surface area contributed by atoms with E-state index in [1.54, 1.807) is 7.11 Å². The van der Waals surface area contributed by atoms with Crippen molar-refractivity contribution in [1.29, 1.82) is 0 Å². The molecule has 0 saturated heterocycles. The predicted molar refractivity (Wildman–Crippen MR) is 72.1 cm³/mol. The molecule has 1 N–H and O–H groups in total. The molecule has 0 aliphatic heterocycles. The summed E-state index contributed by atoms with van der Waals surface area (Å²) in [5.41, 5.74) is 1.32. The van der Waals surface area contributed by atoms with Gasteiger partial charge in [0.25, 0.3) is 0 Å². The van der Waals surface area contributed by atoms with Gasteiger partial charge in [-0.25, -0.2) is 0 Å². The van der Waals surface area contributed by atoms with Crippen molar-refractivity contribution in [2.24, 2.45) is 5.92 Å². The average Bonchev–Trinajstić information content (AvgIpc) is 2.25. The summed E-state index contributed by atoms with van der Waals surface area (Å²) in [4.78, 5) is 0. The Morgan fingerprint density at radius 3 is 2.50 bits per heavy atom. The minimum absolute atomic E-state index is 0.514. The molecule has 1 rings (SSSR count). The van der Waals surface area contributed by atoms with Crippen LogP contribution < -0.4 is 10.1 Å². The first-order valence-electron chi connectivity index (χ1n) is 5.58. The lowest BCUT2D eigenvalue weighted by atomic mass is 9.96. The first kappa shape index (κ1) is 13.5. The van der Waals surface area contributed by atoms with Crippen molar-refractivity contribution >= 4 is 15.9 Å². The summed E-state index contributed by atoms with van der Waals surface area (Å²) in [5, 5.41) is 3.35. The molecule has 0 fully saturated rings. The molecule has 16 heavy (non-hydrogen) atoms. The minimum atomic E-state index is 0.514. The van der Waals surface area contributed by atoms with Crippen molar-refractivity contribution in [3.8, 4) is 5.75 Å². The van der Waals surface area contributed by atoms with Gasteiger partial charge in [-0.05, 0) is 53.0 Å². The third kappa shape index (κ3) is 3.49. The zero-order valence-electron chi connectivity index (χ0n) is 10.4. The van der Waals surface area contributed by atoms with E-state index < -0.39 is 0 Å². The molecule has 0 amide bonds. The summed E-state index contributed by atoms with van der Waals surface area (Å²) in [5.74, 6) is 1.51. The van der Waals surface area contributed by atoms with E-state index in [0.717, 1.165) is 16.6 Å². The molecule has 0 bridgehead atoms. The Bertz CT molecular complexity index is 339. The Morgan fingerprint density at radius 1 is 1.38 bits per heavy atom. The fraction of sp³-hybridized carbons (Fsp3) is 0.538. The van der Waals surface area contributed by atoms with Crippen LogP contribution in [0.1, 0.15) is 19.4 Å². The Labute approximate surface area is 107 Å². The van der Waals surface area contributed by atoms with Gasteiger partial charge >= 0.3 is 0 Å². The zero-order chi connectivity index (χ0) is 12.1. The van der Waals surface area contributed by atoms with Crippen LogP contribution in [0.4, 0.5) is 0 Å². The molecule has 0 spiro atoms. The number of ether oxygens (including phenoxy) is 1. The van der Waals surface area contributed by atoms with Crippen molar-refractivity contribution in [3.63, 3.8) is 0 Å². The highest BCUT2D eigenvalue weighted by Gasteiger charge is 2.12. The molecule has 0 aromatic heterocycles. The third-order valence-corrected chi connectivity index (χ3v) is 3.47. The summed E-state index contributed by atoms with van der Waals surface area (Å²) < 4.78 is 6.24. The van der Waals surface area contributed by atoms with Gasteiger partial charge in [-0.1, -0.05) is 19.9 Å². The van der Waals surface area contributed by atoms with Gasteiger partial charge in [0, 0.05) is 6.04 Å². The number of rotatable bonds is 5. The molecule has 1 atom stereocenters. The van der Waals surface area contributed by atoms with E-state index in [2.05, 4.69) is 47.2 Å². The maximum Gasteiger partial charge on any atom is 0.133 e. The van der Waals surface area contributed by atoms with Gasteiger partial charge in [-0.15, -0.1) is 0 Å². The summed E-state index contributed by atoms with van der Waals surface area (Å²) in [6.07, 6.45) is 1.04. The van der Waals surface area contributed by atoms with Gasteiger partial charge in [0.2, 0.25) is 0 Å². The summed E-state index contributed by atoms with van der Waals surface area (Å²) in [6.45, 7) is 4.47. The van der Waals surface area contributed by atoms with Crippen molar-refractivity contribution in [2.75, 3.05) is 14.2 Å². The van der Waals surface area contributed by atoms with E-state index in [9.17, 15) is 0 Å². The molecule has 1 unspecified atom stereocenters. The largest absolute Gasteiger partial charge is 0.496 e. The fourth-order valence-electron chi connectivity index (χ4n) is 1.76. The van der Waals surface area contributed by atoms with Gasteiger partial charge in [0.15, 0.2) is 0 Å². The number of methoxy groups -OCH3 is 1. The van der Waals surface area contributed by atoms with Gasteiger partial charge in [0.05, 0.1) is 11.6 Å². The zero-order valence-corrected chi connectivity index (χ0v) is 12.0. The standard InChI is InChI=1S/C13H20BrNO/c1-9(2)12(15-3)8-10-5-6-13(16-4)11(14)7-10/h5-7,9,12,15H,8H2,1-4H3. The smallest absolute Gasteiger partial charge is 0.133 e. The fourth-order valence-corrected chi connectivity index (χ4v) is 2.35. The Balaban J connectivity index is 2.78. The van der Waals surface area contributed by atoms with Crippen LogP contribution >= 0.6 is 15.9 Å². The summed E-state index contributed by atoms with van der Waals surface area (Å²) in [6, 6.07) is 6.77. The van der Waals surface area contributed by atoms with E-state index in [1.807, 2.05) is 13.1 Å². The molecule has 0 heterocycles. The monoisotopic (exact) mass is 285 g/mol. The number of likely N-dealkylation sites (N-methyl/N-ethyl adjacent to an activating group) is 1. The lowest BCUT2D eigenvalue weighted by molar-refractivity contribution is 0.410. The van der Waals surface area contributed by atoms with Crippen LogP contribution in [-0.4, -0.2) is 20.2 Å². The van der Waals surface area contributed by atoms with Crippen molar-refractivity contribution in [3.05, 3.63) is 28.2 Å². The lowest BCUT2D eigenvalue weighted by Gasteiger charge is -2.20. The van der Waals surface area contributed by atoms with Crippen LogP contribution in [0.25, 0.3) is 0 Å². The van der Waals surface area contributed by atoms with E-state index >= 15 is 0 Å². The van der Waals surface area contributed by atoms with Crippen LogP contribution in [0, 0.1) is 5.92 Å². The third-order valence-electron chi connectivity index (χ3n) is 2.85. The maximum absolute atomic E-state index is 5.22. The Kier molecular flexibility index (Phi) is 5.29. The quantitative estimate of drug-likeness (QED) is 0.897. The average molecular weight is 286 g/mol. The molecular weight excluding hydrogens is 266 g/mol. The topological polar surface area (TPSA) is 21.3 Å². The highest BCUT2D eigenvalue weighted by atomic mass is 79.9. The molecule has 0 aliphatic rings. The van der Waals surface area contributed by atoms with Crippen molar-refractivity contribution in [1.82, 2.24) is 5.32 Å². The van der Waals surface area contributed by atoms with E-state index in [1.165, 1.54) is 5.56 Å². The summed E-state index contributed by atoms with van der Waals surface area (Å²) in [7, 11) is 3.70. The highest BCUT2D eigenvalue weighted by Crippen LogP contribution is 2.26. The normalized spacial score (nSPS) is 12.9. The SMILES string of the molecule is CNC(Cc1ccc(OC)c(Br)c1)C(C)C. The van der Waals surface area contributed by atoms with E-state index in [4.69, 9.17) is 4.74 Å². The van der Waals surface area contributed by atoms with Gasteiger partial charge < -0.3 is 10.1 Å². The second-order valence-corrected chi connectivity index (χ2v) is 5.17. The Morgan fingerprint density at radius 2 is 2.06 bits per heavy atom. The number of nitrogens with one attached hydrogen (secondary N) is 1. The van der Waals surface area contributed by atoms with E-state index in [-0.39, 0.29) is 0 Å². The number of halogens is 1. The van der Waals surface area contributed by atoms with Gasteiger partial charge in [0.1, 0.15) is 5.75 Å². The predicted octanol–water partition coefficient (Wildman–Crippen LogP) is 3.24. The summed E-state index contributed by atoms with van der Waals surface area (Å²) >= 11 is 3.51. The maximum atomic E-state index is 5.22. The van der Waals surface area contributed by atoms with Crippen LogP contribution in [0.3, 0.4) is 0 Å². The lowest BCUT2D eigenvalue weighted by Crippen LogP contribution is -2.32.